The van der Waals surface area contributed by atoms with Gasteiger partial charge in [0.05, 0.1) is 0 Å². The van der Waals surface area contributed by atoms with Gasteiger partial charge in [-0.2, -0.15) is 0 Å². The molecule has 0 bridgehead atoms. The number of carbonyl (C=O) groups is 2. The fourth-order valence-electron chi connectivity index (χ4n) is 3.61. The lowest BCUT2D eigenvalue weighted by molar-refractivity contribution is -0.130. The molecule has 2 aliphatic rings. The molecule has 154 valence electrons. The predicted octanol–water partition coefficient (Wildman–Crippen LogP) is 1.32. The first kappa shape index (κ1) is 22.4. The van der Waals surface area contributed by atoms with Crippen molar-refractivity contribution >= 4 is 41.8 Å². The molecule has 1 aromatic rings. The number of hydrogen-bond acceptors (Lipinski definition) is 3. The van der Waals surface area contributed by atoms with Gasteiger partial charge in [-0.3, -0.25) is 9.59 Å². The Balaban J connectivity index is 0.00000280. The Bertz CT molecular complexity index is 716. The van der Waals surface area contributed by atoms with Crippen LogP contribution in [0.4, 0.5) is 0 Å². The third kappa shape index (κ3) is 5.59. The zero-order chi connectivity index (χ0) is 19.2. The zero-order valence-electron chi connectivity index (χ0n) is 16.7. The molecule has 0 spiro atoms. The molecular formula is C20H30IN5O2. The lowest BCUT2D eigenvalue weighted by atomic mass is 10.00. The highest BCUT2D eigenvalue weighted by Gasteiger charge is 2.23. The molecule has 28 heavy (non-hydrogen) atoms. The van der Waals surface area contributed by atoms with Crippen molar-refractivity contribution in [1.29, 1.82) is 0 Å². The smallest absolute Gasteiger partial charge is 0.244 e. The molecule has 2 aliphatic heterocycles. The summed E-state index contributed by atoms with van der Waals surface area (Å²) >= 11 is 0. The number of amides is 2. The first-order chi connectivity index (χ1) is 13.1. The molecule has 7 nitrogen and oxygen atoms in total. The largest absolute Gasteiger partial charge is 0.357 e. The zero-order valence-corrected chi connectivity index (χ0v) is 19.0. The van der Waals surface area contributed by atoms with Gasteiger partial charge in [0.1, 0.15) is 6.54 Å². The number of fused-ring (bicyclic) bond motifs is 1. The Morgan fingerprint density at radius 2 is 1.64 bits per heavy atom. The first-order valence-electron chi connectivity index (χ1n) is 9.71. The minimum absolute atomic E-state index is 0. The maximum atomic E-state index is 12.7. The molecule has 1 fully saturated rings. The molecule has 8 heteroatoms. The van der Waals surface area contributed by atoms with E-state index in [-0.39, 0.29) is 42.3 Å². The van der Waals surface area contributed by atoms with E-state index in [2.05, 4.69) is 33.4 Å². The van der Waals surface area contributed by atoms with Crippen LogP contribution in [0.25, 0.3) is 0 Å². The lowest BCUT2D eigenvalue weighted by Crippen LogP contribution is -2.53. The summed E-state index contributed by atoms with van der Waals surface area (Å²) in [6.07, 6.45) is 0.901. The lowest BCUT2D eigenvalue weighted by Gasteiger charge is -2.36. The molecule has 0 radical (unpaired) electrons. The summed E-state index contributed by atoms with van der Waals surface area (Å²) in [5, 5.41) is 3.27. The Labute approximate surface area is 184 Å². The van der Waals surface area contributed by atoms with Crippen LogP contribution in [0.3, 0.4) is 0 Å². The normalized spacial score (nSPS) is 16.9. The van der Waals surface area contributed by atoms with Crippen molar-refractivity contribution in [3.05, 3.63) is 35.4 Å². The van der Waals surface area contributed by atoms with E-state index in [1.807, 2.05) is 22.8 Å². The average Bonchev–Trinajstić information content (AvgIpc) is 2.70. The van der Waals surface area contributed by atoms with Crippen LogP contribution in [0.15, 0.2) is 29.3 Å². The Morgan fingerprint density at radius 1 is 1.00 bits per heavy atom. The van der Waals surface area contributed by atoms with Crippen LogP contribution >= 0.6 is 24.0 Å². The predicted molar refractivity (Wildman–Crippen MR) is 121 cm³/mol. The van der Waals surface area contributed by atoms with E-state index in [0.717, 1.165) is 38.6 Å². The molecule has 3 rings (SSSR count). The van der Waals surface area contributed by atoms with Crippen molar-refractivity contribution in [3.8, 4) is 0 Å². The van der Waals surface area contributed by atoms with Crippen molar-refractivity contribution in [1.82, 2.24) is 20.0 Å². The number of aliphatic imine (C=N–C) groups is 1. The quantitative estimate of drug-likeness (QED) is 0.387. The van der Waals surface area contributed by atoms with Gasteiger partial charge in [-0.25, -0.2) is 4.99 Å². The molecule has 0 aromatic heterocycles. The maximum Gasteiger partial charge on any atom is 0.244 e. The van der Waals surface area contributed by atoms with Crippen LogP contribution in [0, 0.1) is 0 Å². The summed E-state index contributed by atoms with van der Waals surface area (Å²) < 4.78 is 0. The van der Waals surface area contributed by atoms with Crippen molar-refractivity contribution in [3.63, 3.8) is 0 Å². The fourth-order valence-corrected chi connectivity index (χ4v) is 3.61. The van der Waals surface area contributed by atoms with Gasteiger partial charge in [-0.1, -0.05) is 24.3 Å². The molecule has 1 aromatic carbocycles. The highest BCUT2D eigenvalue weighted by Crippen LogP contribution is 2.18. The molecule has 0 unspecified atom stereocenters. The van der Waals surface area contributed by atoms with E-state index in [1.54, 1.807) is 6.92 Å². The number of guanidine groups is 1. The van der Waals surface area contributed by atoms with Crippen LogP contribution in [0.5, 0.6) is 0 Å². The van der Waals surface area contributed by atoms with Gasteiger partial charge in [0.25, 0.3) is 0 Å². The average molecular weight is 499 g/mol. The number of halogens is 1. The number of rotatable bonds is 3. The van der Waals surface area contributed by atoms with Gasteiger partial charge < -0.3 is 20.0 Å². The van der Waals surface area contributed by atoms with E-state index < -0.39 is 0 Å². The number of hydrogen-bond donors (Lipinski definition) is 1. The van der Waals surface area contributed by atoms with Gasteiger partial charge in [-0.15, -0.1) is 24.0 Å². The third-order valence-corrected chi connectivity index (χ3v) is 5.21. The standard InChI is InChI=1S/C20H29N5O2.HI/c1-3-21-20(24-12-10-23(11-13-24)16(2)26)22-14-19(27)25-9-8-17-6-4-5-7-18(17)15-25;/h4-7H,3,8-15H2,1-2H3,(H,21,22);1H. The van der Waals surface area contributed by atoms with Crippen LogP contribution in [-0.2, 0) is 22.6 Å². The molecule has 0 saturated carbocycles. The van der Waals surface area contributed by atoms with E-state index in [0.29, 0.717) is 19.6 Å². The number of benzene rings is 1. The van der Waals surface area contributed by atoms with Gasteiger partial charge >= 0.3 is 0 Å². The minimum Gasteiger partial charge on any atom is -0.357 e. The number of piperazine rings is 1. The molecule has 0 aliphatic carbocycles. The molecular weight excluding hydrogens is 469 g/mol. The van der Waals surface area contributed by atoms with Crippen LogP contribution in [0.2, 0.25) is 0 Å². The third-order valence-electron chi connectivity index (χ3n) is 5.21. The topological polar surface area (TPSA) is 68.2 Å². The molecule has 1 N–H and O–H groups in total. The van der Waals surface area contributed by atoms with Crippen molar-refractivity contribution in [2.24, 2.45) is 4.99 Å². The summed E-state index contributed by atoms with van der Waals surface area (Å²) in [6, 6.07) is 8.31. The summed E-state index contributed by atoms with van der Waals surface area (Å²) in [7, 11) is 0. The van der Waals surface area contributed by atoms with E-state index in [4.69, 9.17) is 0 Å². The Morgan fingerprint density at radius 3 is 2.29 bits per heavy atom. The SMILES string of the molecule is CCNC(=NCC(=O)N1CCc2ccccc2C1)N1CCN(C(C)=O)CC1.I. The number of carbonyl (C=O) groups excluding carboxylic acids is 2. The van der Waals surface area contributed by atoms with Gasteiger partial charge in [0.15, 0.2) is 5.96 Å². The van der Waals surface area contributed by atoms with E-state index in [1.165, 1.54) is 11.1 Å². The van der Waals surface area contributed by atoms with Crippen LogP contribution < -0.4 is 5.32 Å². The second-order valence-corrected chi connectivity index (χ2v) is 7.00. The van der Waals surface area contributed by atoms with Crippen LogP contribution in [-0.4, -0.2) is 78.3 Å². The Hall–Kier alpha value is -1.84. The second kappa shape index (κ2) is 10.6. The minimum atomic E-state index is 0. The second-order valence-electron chi connectivity index (χ2n) is 7.00. The summed E-state index contributed by atoms with van der Waals surface area (Å²) in [4.78, 5) is 34.6. The highest BCUT2D eigenvalue weighted by atomic mass is 127. The van der Waals surface area contributed by atoms with Crippen molar-refractivity contribution in [2.75, 3.05) is 45.8 Å². The van der Waals surface area contributed by atoms with Gasteiger partial charge in [0.2, 0.25) is 11.8 Å². The Kier molecular flexibility index (Phi) is 8.53. The van der Waals surface area contributed by atoms with Crippen LogP contribution in [0.1, 0.15) is 25.0 Å². The van der Waals surface area contributed by atoms with Crippen molar-refractivity contribution < 1.29 is 9.59 Å². The van der Waals surface area contributed by atoms with E-state index >= 15 is 0 Å². The maximum absolute atomic E-state index is 12.7. The van der Waals surface area contributed by atoms with E-state index in [9.17, 15) is 9.59 Å². The molecule has 0 atom stereocenters. The summed E-state index contributed by atoms with van der Waals surface area (Å²) in [5.74, 6) is 0.922. The van der Waals surface area contributed by atoms with Gasteiger partial charge in [0, 0.05) is 52.7 Å². The monoisotopic (exact) mass is 499 g/mol. The first-order valence-corrected chi connectivity index (χ1v) is 9.71. The highest BCUT2D eigenvalue weighted by molar-refractivity contribution is 14.0. The summed E-state index contributed by atoms with van der Waals surface area (Å²) in [6.45, 7) is 8.78. The number of nitrogens with zero attached hydrogens (tertiary/aromatic N) is 4. The van der Waals surface area contributed by atoms with Crippen molar-refractivity contribution in [2.45, 2.75) is 26.8 Å². The molecule has 2 amide bonds. The molecule has 2 heterocycles. The molecule has 1 saturated heterocycles. The number of nitrogens with one attached hydrogen (secondary N) is 1. The van der Waals surface area contributed by atoms with Gasteiger partial charge in [-0.05, 0) is 24.5 Å². The fraction of sp³-hybridized carbons (Fsp3) is 0.550. The summed E-state index contributed by atoms with van der Waals surface area (Å²) in [5.41, 5.74) is 2.56.